The van der Waals surface area contributed by atoms with Crippen LogP contribution >= 0.6 is 0 Å². The number of rotatable bonds is 4. The van der Waals surface area contributed by atoms with Crippen molar-refractivity contribution >= 4 is 17.3 Å². The highest BCUT2D eigenvalue weighted by Crippen LogP contribution is 2.25. The molecule has 1 amide bonds. The van der Waals surface area contributed by atoms with Crippen LogP contribution in [-0.4, -0.2) is 25.1 Å². The largest absolute Gasteiger partial charge is 0.352 e. The first kappa shape index (κ1) is 14.0. The summed E-state index contributed by atoms with van der Waals surface area (Å²) in [6.07, 6.45) is 0. The van der Waals surface area contributed by atoms with E-state index < -0.39 is 11.7 Å². The maximum absolute atomic E-state index is 14.0. The van der Waals surface area contributed by atoms with Gasteiger partial charge in [-0.15, -0.1) is 0 Å². The molecule has 0 aliphatic carbocycles. The van der Waals surface area contributed by atoms with Gasteiger partial charge in [-0.25, -0.2) is 9.45 Å². The molecule has 0 radical (unpaired) electrons. The van der Waals surface area contributed by atoms with Gasteiger partial charge in [-0.1, -0.05) is 24.3 Å². The van der Waals surface area contributed by atoms with Gasteiger partial charge in [0.15, 0.2) is 0 Å². The monoisotopic (exact) mass is 274 g/mol. The Morgan fingerprint density at radius 2 is 1.85 bits per heavy atom. The molecule has 5 heteroatoms. The van der Waals surface area contributed by atoms with Gasteiger partial charge in [0.2, 0.25) is 0 Å². The summed E-state index contributed by atoms with van der Waals surface area (Å²) in [5.74, 6) is -0.922. The van der Waals surface area contributed by atoms with Crippen LogP contribution in [0.3, 0.4) is 0 Å². The third-order valence-corrected chi connectivity index (χ3v) is 2.85. The fourth-order valence-electron chi connectivity index (χ4n) is 1.75. The molecule has 0 spiro atoms. The van der Waals surface area contributed by atoms with Gasteiger partial charge in [0.25, 0.3) is 5.91 Å². The number of halogens is 1. The van der Waals surface area contributed by atoms with Gasteiger partial charge < -0.3 is 5.32 Å². The van der Waals surface area contributed by atoms with Crippen LogP contribution in [0.2, 0.25) is 0 Å². The van der Waals surface area contributed by atoms with E-state index in [1.54, 1.807) is 18.2 Å². The van der Waals surface area contributed by atoms with Crippen LogP contribution in [0.4, 0.5) is 15.8 Å². The average molecular weight is 274 g/mol. The Balaban J connectivity index is 2.39. The minimum atomic E-state index is -0.496. The highest BCUT2D eigenvalue weighted by Gasteiger charge is 2.18. The second kappa shape index (κ2) is 6.16. The zero-order valence-electron chi connectivity index (χ0n) is 11.3. The number of carbonyl (C=O) groups excluding carboxylic acids is 1. The zero-order chi connectivity index (χ0) is 14.5. The third kappa shape index (κ3) is 2.95. The van der Waals surface area contributed by atoms with E-state index in [2.05, 4.69) is 5.32 Å². The van der Waals surface area contributed by atoms with E-state index in [4.69, 9.17) is 4.84 Å². The third-order valence-electron chi connectivity index (χ3n) is 2.85. The van der Waals surface area contributed by atoms with Crippen molar-refractivity contribution in [2.45, 2.75) is 0 Å². The molecule has 2 aromatic rings. The molecule has 0 atom stereocenters. The summed E-state index contributed by atoms with van der Waals surface area (Å²) in [5.41, 5.74) is 1.04. The summed E-state index contributed by atoms with van der Waals surface area (Å²) in [5, 5.41) is 3.97. The molecule has 0 unspecified atom stereocenters. The number of nitrogens with zero attached hydrogens (tertiary/aromatic N) is 1. The summed E-state index contributed by atoms with van der Waals surface area (Å²) in [4.78, 5) is 17.0. The number of hydrogen-bond donors (Lipinski definition) is 1. The summed E-state index contributed by atoms with van der Waals surface area (Å²) in [7, 11) is 2.85. The van der Waals surface area contributed by atoms with Gasteiger partial charge in [0.1, 0.15) is 5.82 Å². The Morgan fingerprint density at radius 3 is 2.50 bits per heavy atom. The second-order valence-electron chi connectivity index (χ2n) is 4.14. The van der Waals surface area contributed by atoms with E-state index in [1.165, 1.54) is 26.3 Å². The van der Waals surface area contributed by atoms with Crippen molar-refractivity contribution in [3.8, 4) is 0 Å². The maximum Gasteiger partial charge on any atom is 0.279 e. The number of amides is 1. The smallest absolute Gasteiger partial charge is 0.279 e. The van der Waals surface area contributed by atoms with Crippen molar-refractivity contribution in [3.63, 3.8) is 0 Å². The number of hydrogen-bond acceptors (Lipinski definition) is 3. The normalized spacial score (nSPS) is 10.2. The minimum absolute atomic E-state index is 0.132. The Bertz CT molecular complexity index is 602. The molecule has 1 N–H and O–H groups in total. The quantitative estimate of drug-likeness (QED) is 0.870. The van der Waals surface area contributed by atoms with E-state index in [1.807, 2.05) is 18.2 Å². The maximum atomic E-state index is 14.0. The molecular formula is C15H15FN2O2. The van der Waals surface area contributed by atoms with Crippen molar-refractivity contribution in [1.82, 2.24) is 5.06 Å². The number of anilines is 2. The molecule has 2 aromatic carbocycles. The average Bonchev–Trinajstić information content (AvgIpc) is 2.49. The lowest BCUT2D eigenvalue weighted by Gasteiger charge is -2.17. The van der Waals surface area contributed by atoms with Crippen LogP contribution in [0.15, 0.2) is 48.5 Å². The molecule has 0 fully saturated rings. The predicted octanol–water partition coefficient (Wildman–Crippen LogP) is 3.20. The molecular weight excluding hydrogens is 259 g/mol. The summed E-state index contributed by atoms with van der Waals surface area (Å²) in [6, 6.07) is 13.4. The Kier molecular flexibility index (Phi) is 4.32. The second-order valence-corrected chi connectivity index (χ2v) is 4.14. The topological polar surface area (TPSA) is 41.6 Å². The zero-order valence-corrected chi connectivity index (χ0v) is 11.3. The minimum Gasteiger partial charge on any atom is -0.352 e. The predicted molar refractivity (Wildman–Crippen MR) is 75.2 cm³/mol. The lowest BCUT2D eigenvalue weighted by atomic mass is 10.1. The fraction of sp³-hybridized carbons (Fsp3) is 0.133. The molecule has 2 rings (SSSR count). The molecule has 20 heavy (non-hydrogen) atoms. The first-order valence-electron chi connectivity index (χ1n) is 6.06. The van der Waals surface area contributed by atoms with Crippen LogP contribution in [-0.2, 0) is 4.84 Å². The molecule has 4 nitrogen and oxygen atoms in total. The SMILES string of the molecule is CON(C)C(=O)c1cccc(F)c1Nc1ccccc1. The van der Waals surface area contributed by atoms with Crippen molar-refractivity contribution in [2.75, 3.05) is 19.5 Å². The highest BCUT2D eigenvalue weighted by molar-refractivity contribution is 5.99. The van der Waals surface area contributed by atoms with Gasteiger partial charge >= 0.3 is 0 Å². The Morgan fingerprint density at radius 1 is 1.15 bits per heavy atom. The van der Waals surface area contributed by atoms with E-state index in [0.29, 0.717) is 5.69 Å². The molecule has 104 valence electrons. The van der Waals surface area contributed by atoms with Gasteiger partial charge in [0.05, 0.1) is 18.4 Å². The first-order chi connectivity index (χ1) is 9.63. The first-order valence-corrected chi connectivity index (χ1v) is 6.06. The molecule has 0 aromatic heterocycles. The molecule has 0 saturated heterocycles. The van der Waals surface area contributed by atoms with Crippen LogP contribution in [0, 0.1) is 5.82 Å². The van der Waals surface area contributed by atoms with Crippen molar-refractivity contribution < 1.29 is 14.0 Å². The van der Waals surface area contributed by atoms with Gasteiger partial charge in [-0.2, -0.15) is 0 Å². The van der Waals surface area contributed by atoms with Crippen LogP contribution in [0.1, 0.15) is 10.4 Å². The van der Waals surface area contributed by atoms with Crippen LogP contribution < -0.4 is 5.32 Å². The summed E-state index contributed by atoms with van der Waals surface area (Å²) < 4.78 is 14.0. The number of hydroxylamine groups is 2. The van der Waals surface area contributed by atoms with Crippen molar-refractivity contribution in [3.05, 3.63) is 59.9 Å². The van der Waals surface area contributed by atoms with Gasteiger partial charge in [-0.05, 0) is 24.3 Å². The van der Waals surface area contributed by atoms with Crippen LogP contribution in [0.25, 0.3) is 0 Å². The number of nitrogens with one attached hydrogen (secondary N) is 1. The molecule has 0 saturated carbocycles. The fourth-order valence-corrected chi connectivity index (χ4v) is 1.75. The van der Waals surface area contributed by atoms with Gasteiger partial charge in [-0.3, -0.25) is 9.63 Å². The van der Waals surface area contributed by atoms with Crippen molar-refractivity contribution in [2.24, 2.45) is 0 Å². The molecule has 0 aliphatic heterocycles. The number of carbonyl (C=O) groups is 1. The van der Waals surface area contributed by atoms with E-state index in [-0.39, 0.29) is 11.3 Å². The summed E-state index contributed by atoms with van der Waals surface area (Å²) in [6.45, 7) is 0. The molecule has 0 heterocycles. The van der Waals surface area contributed by atoms with Gasteiger partial charge in [0, 0.05) is 12.7 Å². The standard InChI is InChI=1S/C15H15FN2O2/c1-18(20-2)15(19)12-9-6-10-13(16)14(12)17-11-7-4-3-5-8-11/h3-10,17H,1-2H3. The summed E-state index contributed by atoms with van der Waals surface area (Å²) >= 11 is 0. The van der Waals surface area contributed by atoms with E-state index in [9.17, 15) is 9.18 Å². The lowest BCUT2D eigenvalue weighted by Crippen LogP contribution is -2.26. The molecule has 0 bridgehead atoms. The molecule has 0 aliphatic rings. The Hall–Kier alpha value is -2.40. The van der Waals surface area contributed by atoms with E-state index in [0.717, 1.165) is 5.06 Å². The number of benzene rings is 2. The highest BCUT2D eigenvalue weighted by atomic mass is 19.1. The number of para-hydroxylation sites is 2. The van der Waals surface area contributed by atoms with E-state index >= 15 is 0 Å². The lowest BCUT2D eigenvalue weighted by molar-refractivity contribution is -0.0756. The van der Waals surface area contributed by atoms with Crippen LogP contribution in [0.5, 0.6) is 0 Å². The van der Waals surface area contributed by atoms with Crippen molar-refractivity contribution in [1.29, 1.82) is 0 Å². The Labute approximate surface area is 116 Å².